The van der Waals surface area contributed by atoms with Crippen molar-refractivity contribution < 1.29 is 0 Å². The Labute approximate surface area is 63.5 Å². The summed E-state index contributed by atoms with van der Waals surface area (Å²) in [6.07, 6.45) is 3.31. The summed E-state index contributed by atoms with van der Waals surface area (Å²) >= 11 is 5.77. The molecule has 1 radical (unpaired) electrons. The van der Waals surface area contributed by atoms with Crippen LogP contribution in [0, 0.1) is 0 Å². The zero-order chi connectivity index (χ0) is 6.97. The molecule has 0 unspecified atom stereocenters. The SMILES string of the molecule is ClC1=C[N]c2ncccc21. The van der Waals surface area contributed by atoms with E-state index in [4.69, 9.17) is 11.6 Å². The van der Waals surface area contributed by atoms with Crippen LogP contribution in [0.25, 0.3) is 5.03 Å². The van der Waals surface area contributed by atoms with Crippen molar-refractivity contribution in [3.05, 3.63) is 30.1 Å². The van der Waals surface area contributed by atoms with Crippen molar-refractivity contribution in [1.29, 1.82) is 0 Å². The van der Waals surface area contributed by atoms with Gasteiger partial charge in [-0.2, -0.15) is 0 Å². The number of hydrogen-bond acceptors (Lipinski definition) is 1. The second-order valence-corrected chi connectivity index (χ2v) is 2.39. The maximum absolute atomic E-state index is 5.77. The molecule has 0 atom stereocenters. The number of pyridine rings is 1. The number of fused-ring (bicyclic) bond motifs is 1. The molecule has 0 bridgehead atoms. The molecule has 0 amide bonds. The minimum atomic E-state index is 0.670. The lowest BCUT2D eigenvalue weighted by Gasteiger charge is -1.93. The van der Waals surface area contributed by atoms with E-state index in [-0.39, 0.29) is 0 Å². The van der Waals surface area contributed by atoms with Gasteiger partial charge < -0.3 is 0 Å². The Balaban J connectivity index is 2.61. The molecule has 1 aliphatic rings. The highest BCUT2D eigenvalue weighted by Crippen LogP contribution is 2.29. The molecule has 0 saturated heterocycles. The highest BCUT2D eigenvalue weighted by Gasteiger charge is 2.12. The normalized spacial score (nSPS) is 13.9. The third-order valence-corrected chi connectivity index (χ3v) is 1.65. The maximum Gasteiger partial charge on any atom is 0.160 e. The van der Waals surface area contributed by atoms with Crippen molar-refractivity contribution in [2.24, 2.45) is 0 Å². The highest BCUT2D eigenvalue weighted by molar-refractivity contribution is 6.49. The summed E-state index contributed by atoms with van der Waals surface area (Å²) in [6, 6.07) is 3.74. The van der Waals surface area contributed by atoms with Crippen LogP contribution in [0.2, 0.25) is 0 Å². The van der Waals surface area contributed by atoms with Crippen molar-refractivity contribution in [2.45, 2.75) is 0 Å². The molecule has 3 heteroatoms. The molecule has 0 aromatic carbocycles. The summed E-state index contributed by atoms with van der Waals surface area (Å²) < 4.78 is 0. The van der Waals surface area contributed by atoms with Gasteiger partial charge in [-0.3, -0.25) is 0 Å². The fourth-order valence-electron chi connectivity index (χ4n) is 0.874. The third-order valence-electron chi connectivity index (χ3n) is 1.34. The van der Waals surface area contributed by atoms with Crippen LogP contribution in [0.4, 0.5) is 5.82 Å². The third kappa shape index (κ3) is 0.693. The van der Waals surface area contributed by atoms with E-state index in [1.165, 1.54) is 0 Å². The van der Waals surface area contributed by atoms with Crippen molar-refractivity contribution in [2.75, 3.05) is 0 Å². The Morgan fingerprint density at radius 2 is 2.30 bits per heavy atom. The first-order valence-corrected chi connectivity index (χ1v) is 3.27. The largest absolute Gasteiger partial charge is 0.237 e. The quantitative estimate of drug-likeness (QED) is 0.556. The van der Waals surface area contributed by atoms with E-state index >= 15 is 0 Å². The fourth-order valence-corrected chi connectivity index (χ4v) is 1.07. The summed E-state index contributed by atoms with van der Waals surface area (Å²) in [7, 11) is 0. The Bertz CT molecular complexity index is 293. The average molecular weight is 152 g/mol. The van der Waals surface area contributed by atoms with Crippen LogP contribution in [-0.4, -0.2) is 4.98 Å². The Morgan fingerprint density at radius 1 is 1.40 bits per heavy atom. The first-order chi connectivity index (χ1) is 4.88. The van der Waals surface area contributed by atoms with Gasteiger partial charge in [0, 0.05) is 18.0 Å². The van der Waals surface area contributed by atoms with Crippen LogP contribution < -0.4 is 5.32 Å². The van der Waals surface area contributed by atoms with Crippen molar-refractivity contribution in [3.63, 3.8) is 0 Å². The predicted molar refractivity (Wildman–Crippen MR) is 39.9 cm³/mol. The number of rotatable bonds is 0. The topological polar surface area (TPSA) is 27.0 Å². The van der Waals surface area contributed by atoms with Gasteiger partial charge in [0.05, 0.1) is 5.03 Å². The van der Waals surface area contributed by atoms with E-state index < -0.39 is 0 Å². The fraction of sp³-hybridized carbons (Fsp3) is 0. The van der Waals surface area contributed by atoms with Gasteiger partial charge in [0.15, 0.2) is 5.82 Å². The van der Waals surface area contributed by atoms with Crippen molar-refractivity contribution >= 4 is 22.5 Å². The lowest BCUT2D eigenvalue weighted by molar-refractivity contribution is 1.12. The molecule has 0 N–H and O–H groups in total. The molecule has 0 spiro atoms. The lowest BCUT2D eigenvalue weighted by atomic mass is 10.3. The molecular weight excluding hydrogens is 148 g/mol. The van der Waals surface area contributed by atoms with Gasteiger partial charge in [-0.15, -0.1) is 0 Å². The van der Waals surface area contributed by atoms with E-state index in [0.29, 0.717) is 10.9 Å². The van der Waals surface area contributed by atoms with E-state index in [1.807, 2.05) is 12.1 Å². The standard InChI is InChI=1S/C7H4ClN2/c8-6-4-10-7-5(6)2-1-3-9-7/h1-4H. The summed E-state index contributed by atoms with van der Waals surface area (Å²) in [5, 5.41) is 4.64. The van der Waals surface area contributed by atoms with Crippen LogP contribution in [0.5, 0.6) is 0 Å². The van der Waals surface area contributed by atoms with E-state index in [0.717, 1.165) is 5.56 Å². The highest BCUT2D eigenvalue weighted by atomic mass is 35.5. The second kappa shape index (κ2) is 1.99. The number of aromatic nitrogens is 1. The molecule has 0 saturated carbocycles. The second-order valence-electron chi connectivity index (χ2n) is 1.98. The van der Waals surface area contributed by atoms with Gasteiger partial charge in [0.25, 0.3) is 0 Å². The predicted octanol–water partition coefficient (Wildman–Crippen LogP) is 1.87. The van der Waals surface area contributed by atoms with E-state index in [1.54, 1.807) is 12.4 Å². The van der Waals surface area contributed by atoms with Crippen LogP contribution in [0.15, 0.2) is 24.5 Å². The van der Waals surface area contributed by atoms with Gasteiger partial charge in [-0.05, 0) is 12.1 Å². The first kappa shape index (κ1) is 5.74. The molecule has 2 rings (SSSR count). The van der Waals surface area contributed by atoms with Crippen LogP contribution >= 0.6 is 11.6 Å². The Morgan fingerprint density at radius 3 is 3.10 bits per heavy atom. The van der Waals surface area contributed by atoms with Crippen LogP contribution in [-0.2, 0) is 0 Å². The molecule has 1 aromatic rings. The number of nitrogens with zero attached hydrogens (tertiary/aromatic N) is 2. The van der Waals surface area contributed by atoms with Crippen LogP contribution in [0.1, 0.15) is 5.56 Å². The zero-order valence-electron chi connectivity index (χ0n) is 5.08. The molecule has 2 nitrogen and oxygen atoms in total. The maximum atomic E-state index is 5.77. The van der Waals surface area contributed by atoms with Crippen LogP contribution in [0.3, 0.4) is 0 Å². The van der Waals surface area contributed by atoms with E-state index in [9.17, 15) is 0 Å². The summed E-state index contributed by atoms with van der Waals surface area (Å²) in [4.78, 5) is 4.01. The minimum Gasteiger partial charge on any atom is -0.237 e. The van der Waals surface area contributed by atoms with Gasteiger partial charge in [-0.1, -0.05) is 11.6 Å². The molecule has 1 aromatic heterocycles. The number of halogens is 1. The lowest BCUT2D eigenvalue weighted by Crippen LogP contribution is -1.84. The molecular formula is C7H4ClN2. The Hall–Kier alpha value is -1.02. The van der Waals surface area contributed by atoms with Crippen molar-refractivity contribution in [1.82, 2.24) is 10.3 Å². The summed E-state index contributed by atoms with van der Waals surface area (Å²) in [6.45, 7) is 0. The molecule has 1 aliphatic heterocycles. The van der Waals surface area contributed by atoms with E-state index in [2.05, 4.69) is 10.3 Å². The average Bonchev–Trinajstić information content (AvgIpc) is 2.34. The molecule has 49 valence electrons. The smallest absolute Gasteiger partial charge is 0.160 e. The molecule has 0 fully saturated rings. The Kier molecular flexibility index (Phi) is 1.14. The van der Waals surface area contributed by atoms with Gasteiger partial charge in [0.1, 0.15) is 0 Å². The number of hydrogen-bond donors (Lipinski definition) is 0. The first-order valence-electron chi connectivity index (χ1n) is 2.90. The van der Waals surface area contributed by atoms with Crippen molar-refractivity contribution in [3.8, 4) is 0 Å². The van der Waals surface area contributed by atoms with Gasteiger partial charge >= 0.3 is 0 Å². The molecule has 2 heterocycles. The van der Waals surface area contributed by atoms with Gasteiger partial charge in [0.2, 0.25) is 0 Å². The monoisotopic (exact) mass is 151 g/mol. The molecule has 0 aliphatic carbocycles. The van der Waals surface area contributed by atoms with Gasteiger partial charge in [-0.25, -0.2) is 10.3 Å². The minimum absolute atomic E-state index is 0.670. The summed E-state index contributed by atoms with van der Waals surface area (Å²) in [5.74, 6) is 0.715. The summed E-state index contributed by atoms with van der Waals surface area (Å²) in [5.41, 5.74) is 0.921. The zero-order valence-corrected chi connectivity index (χ0v) is 5.84. The molecule has 10 heavy (non-hydrogen) atoms.